The van der Waals surface area contributed by atoms with Crippen molar-refractivity contribution >= 4 is 23.1 Å². The van der Waals surface area contributed by atoms with Gasteiger partial charge in [0.05, 0.1) is 25.6 Å². The van der Waals surface area contributed by atoms with Crippen LogP contribution in [0.15, 0.2) is 54.0 Å². The number of benzene rings is 2. The molecule has 0 aliphatic rings. The standard InChI is InChI=1S/C21H19NO5S/c1-25-16-7-8-19(17(13-16)21(24)26-2)27-18-6-4-3-5-14(18)11-15(23)12-20-22-9-10-28-20/h3-10,13H,11-12H2,1-2H3. The molecule has 1 heterocycles. The molecule has 144 valence electrons. The van der Waals surface area contributed by atoms with E-state index >= 15 is 0 Å². The fraction of sp³-hybridized carbons (Fsp3) is 0.190. The summed E-state index contributed by atoms with van der Waals surface area (Å²) in [4.78, 5) is 28.7. The molecular weight excluding hydrogens is 378 g/mol. The fourth-order valence-corrected chi connectivity index (χ4v) is 3.29. The van der Waals surface area contributed by atoms with E-state index in [0.717, 1.165) is 10.6 Å². The number of hydrogen-bond donors (Lipinski definition) is 0. The van der Waals surface area contributed by atoms with Crippen LogP contribution in [0.2, 0.25) is 0 Å². The number of nitrogens with zero attached hydrogens (tertiary/aromatic N) is 1. The van der Waals surface area contributed by atoms with Crippen LogP contribution in [0.3, 0.4) is 0 Å². The molecule has 1 aromatic heterocycles. The van der Waals surface area contributed by atoms with Gasteiger partial charge in [-0.3, -0.25) is 4.79 Å². The Bertz CT molecular complexity index is 969. The Morgan fingerprint density at radius 1 is 1.04 bits per heavy atom. The van der Waals surface area contributed by atoms with Crippen LogP contribution in [0.1, 0.15) is 20.9 Å². The van der Waals surface area contributed by atoms with Crippen molar-refractivity contribution in [2.24, 2.45) is 0 Å². The number of thiazole rings is 1. The van der Waals surface area contributed by atoms with Gasteiger partial charge in [-0.15, -0.1) is 11.3 Å². The first-order valence-electron chi connectivity index (χ1n) is 8.53. The Balaban J connectivity index is 1.83. The van der Waals surface area contributed by atoms with Crippen molar-refractivity contribution < 1.29 is 23.8 Å². The number of Topliss-reactive ketones (excluding diaryl/α,β-unsaturated/α-hetero) is 1. The summed E-state index contributed by atoms with van der Waals surface area (Å²) < 4.78 is 16.0. The molecule has 3 aromatic rings. The molecule has 0 unspecified atom stereocenters. The van der Waals surface area contributed by atoms with Gasteiger partial charge in [-0.25, -0.2) is 9.78 Å². The zero-order valence-corrected chi connectivity index (χ0v) is 16.3. The maximum atomic E-state index is 12.4. The number of hydrogen-bond acceptors (Lipinski definition) is 7. The fourth-order valence-electron chi connectivity index (χ4n) is 2.65. The van der Waals surface area contributed by atoms with E-state index in [2.05, 4.69) is 4.98 Å². The predicted octanol–water partition coefficient (Wildman–Crippen LogP) is 4.08. The molecule has 0 spiro atoms. The normalized spacial score (nSPS) is 10.4. The lowest BCUT2D eigenvalue weighted by atomic mass is 10.1. The van der Waals surface area contributed by atoms with Crippen molar-refractivity contribution in [1.29, 1.82) is 0 Å². The molecule has 0 bridgehead atoms. The minimum atomic E-state index is -0.536. The Labute approximate surface area is 166 Å². The maximum absolute atomic E-state index is 12.4. The number of carbonyl (C=O) groups is 2. The van der Waals surface area contributed by atoms with E-state index in [-0.39, 0.29) is 24.2 Å². The largest absolute Gasteiger partial charge is 0.497 e. The number of para-hydroxylation sites is 1. The highest BCUT2D eigenvalue weighted by atomic mass is 32.1. The van der Waals surface area contributed by atoms with Crippen LogP contribution in [0.25, 0.3) is 0 Å². The Kier molecular flexibility index (Phi) is 6.39. The molecule has 0 fully saturated rings. The van der Waals surface area contributed by atoms with Gasteiger partial charge in [0.25, 0.3) is 0 Å². The third-order valence-electron chi connectivity index (χ3n) is 4.00. The molecule has 6 nitrogen and oxygen atoms in total. The van der Waals surface area contributed by atoms with Gasteiger partial charge in [0.2, 0.25) is 0 Å². The van der Waals surface area contributed by atoms with Crippen LogP contribution in [0, 0.1) is 0 Å². The zero-order valence-electron chi connectivity index (χ0n) is 15.5. The minimum Gasteiger partial charge on any atom is -0.497 e. The van der Waals surface area contributed by atoms with Gasteiger partial charge in [-0.1, -0.05) is 18.2 Å². The van der Waals surface area contributed by atoms with Crippen molar-refractivity contribution in [2.75, 3.05) is 14.2 Å². The van der Waals surface area contributed by atoms with Gasteiger partial charge >= 0.3 is 5.97 Å². The van der Waals surface area contributed by atoms with E-state index < -0.39 is 5.97 Å². The van der Waals surface area contributed by atoms with E-state index in [4.69, 9.17) is 14.2 Å². The van der Waals surface area contributed by atoms with E-state index in [1.54, 1.807) is 30.5 Å². The number of rotatable bonds is 8. The SMILES string of the molecule is COC(=O)c1cc(OC)ccc1Oc1ccccc1CC(=O)Cc1nccs1. The van der Waals surface area contributed by atoms with E-state index in [1.807, 2.05) is 23.6 Å². The van der Waals surface area contributed by atoms with Gasteiger partial charge < -0.3 is 14.2 Å². The number of ether oxygens (including phenoxy) is 3. The molecule has 2 aromatic carbocycles. The molecule has 3 rings (SSSR count). The number of esters is 1. The van der Waals surface area contributed by atoms with Crippen LogP contribution < -0.4 is 9.47 Å². The maximum Gasteiger partial charge on any atom is 0.341 e. The van der Waals surface area contributed by atoms with Gasteiger partial charge in [-0.2, -0.15) is 0 Å². The quantitative estimate of drug-likeness (QED) is 0.533. The average Bonchev–Trinajstić information content (AvgIpc) is 3.22. The van der Waals surface area contributed by atoms with Crippen LogP contribution in [0.4, 0.5) is 0 Å². The summed E-state index contributed by atoms with van der Waals surface area (Å²) in [6, 6.07) is 12.1. The lowest BCUT2D eigenvalue weighted by Crippen LogP contribution is -2.08. The zero-order chi connectivity index (χ0) is 19.9. The van der Waals surface area contributed by atoms with Gasteiger partial charge in [-0.05, 0) is 24.3 Å². The number of carbonyl (C=O) groups excluding carboxylic acids is 2. The summed E-state index contributed by atoms with van der Waals surface area (Å²) in [6.45, 7) is 0. The molecule has 0 radical (unpaired) electrons. The molecule has 0 amide bonds. The number of ketones is 1. The molecule has 0 atom stereocenters. The van der Waals surface area contributed by atoms with Crippen LogP contribution >= 0.6 is 11.3 Å². The summed E-state index contributed by atoms with van der Waals surface area (Å²) in [6.07, 6.45) is 2.17. The number of methoxy groups -OCH3 is 2. The first-order chi connectivity index (χ1) is 13.6. The minimum absolute atomic E-state index is 0.0360. The monoisotopic (exact) mass is 397 g/mol. The first kappa shape index (κ1) is 19.6. The Morgan fingerprint density at radius 2 is 1.86 bits per heavy atom. The summed E-state index contributed by atoms with van der Waals surface area (Å²) in [7, 11) is 2.82. The Morgan fingerprint density at radius 3 is 2.57 bits per heavy atom. The Hall–Kier alpha value is -3.19. The van der Waals surface area contributed by atoms with Gasteiger partial charge in [0.15, 0.2) is 0 Å². The van der Waals surface area contributed by atoms with Crippen molar-refractivity contribution in [3.8, 4) is 17.2 Å². The highest BCUT2D eigenvalue weighted by Crippen LogP contribution is 2.31. The predicted molar refractivity (Wildman–Crippen MR) is 105 cm³/mol. The van der Waals surface area contributed by atoms with Crippen LogP contribution in [-0.2, 0) is 22.4 Å². The highest BCUT2D eigenvalue weighted by molar-refractivity contribution is 7.09. The van der Waals surface area contributed by atoms with Crippen molar-refractivity contribution in [3.05, 3.63) is 70.2 Å². The summed E-state index contributed by atoms with van der Waals surface area (Å²) >= 11 is 1.45. The summed E-state index contributed by atoms with van der Waals surface area (Å²) in [5.41, 5.74) is 0.974. The molecule has 0 aliphatic heterocycles. The molecule has 0 N–H and O–H groups in total. The second-order valence-corrected chi connectivity index (χ2v) is 6.86. The molecule has 0 aliphatic carbocycles. The lowest BCUT2D eigenvalue weighted by Gasteiger charge is -2.14. The van der Waals surface area contributed by atoms with E-state index in [9.17, 15) is 9.59 Å². The first-order valence-corrected chi connectivity index (χ1v) is 9.41. The topological polar surface area (TPSA) is 74.7 Å². The second-order valence-electron chi connectivity index (χ2n) is 5.88. The third-order valence-corrected chi connectivity index (χ3v) is 4.78. The molecule has 28 heavy (non-hydrogen) atoms. The van der Waals surface area contributed by atoms with Gasteiger partial charge in [0, 0.05) is 23.6 Å². The van der Waals surface area contributed by atoms with E-state index in [1.165, 1.54) is 25.6 Å². The van der Waals surface area contributed by atoms with Crippen molar-refractivity contribution in [2.45, 2.75) is 12.8 Å². The van der Waals surface area contributed by atoms with Crippen LogP contribution in [-0.4, -0.2) is 31.0 Å². The summed E-state index contributed by atoms with van der Waals surface area (Å²) in [5.74, 6) is 0.845. The molecular formula is C21H19NO5S. The van der Waals surface area contributed by atoms with Crippen molar-refractivity contribution in [3.63, 3.8) is 0 Å². The lowest BCUT2D eigenvalue weighted by molar-refractivity contribution is -0.117. The third kappa shape index (κ3) is 4.75. The molecule has 7 heteroatoms. The molecule has 0 saturated heterocycles. The average molecular weight is 397 g/mol. The summed E-state index contributed by atoms with van der Waals surface area (Å²) in [5, 5.41) is 2.63. The van der Waals surface area contributed by atoms with Crippen molar-refractivity contribution in [1.82, 2.24) is 4.98 Å². The second kappa shape index (κ2) is 9.14. The van der Waals surface area contributed by atoms with Gasteiger partial charge in [0.1, 0.15) is 28.6 Å². The smallest absolute Gasteiger partial charge is 0.341 e. The number of aromatic nitrogens is 1. The van der Waals surface area contributed by atoms with Crippen LogP contribution in [0.5, 0.6) is 17.2 Å². The molecule has 0 saturated carbocycles. The highest BCUT2D eigenvalue weighted by Gasteiger charge is 2.17. The van der Waals surface area contributed by atoms with E-state index in [0.29, 0.717) is 17.2 Å².